The summed E-state index contributed by atoms with van der Waals surface area (Å²) in [5, 5.41) is 14.7. The molecule has 0 aromatic rings. The van der Waals surface area contributed by atoms with Crippen LogP contribution in [0.5, 0.6) is 0 Å². The summed E-state index contributed by atoms with van der Waals surface area (Å²) < 4.78 is 0. The predicted octanol–water partition coefficient (Wildman–Crippen LogP) is 2.56. The molecule has 2 nitrogen and oxygen atoms in total. The molecule has 0 radical (unpaired) electrons. The Bertz CT molecular complexity index is 216. The molecule has 0 bridgehead atoms. The van der Waals surface area contributed by atoms with E-state index in [2.05, 4.69) is 24.0 Å². The molecule has 0 heterocycles. The highest BCUT2D eigenvalue weighted by molar-refractivity contribution is 7.99. The Labute approximate surface area is 104 Å². The third-order valence-corrected chi connectivity index (χ3v) is 5.39. The normalized spacial score (nSPS) is 33.4. The summed E-state index contributed by atoms with van der Waals surface area (Å²) in [4.78, 5) is 0. The number of aliphatic hydroxyl groups is 1. The van der Waals surface area contributed by atoms with Gasteiger partial charge in [0, 0.05) is 17.8 Å². The van der Waals surface area contributed by atoms with E-state index in [0.29, 0.717) is 6.04 Å². The van der Waals surface area contributed by atoms with Gasteiger partial charge in [-0.25, -0.2) is 0 Å². The van der Waals surface area contributed by atoms with Crippen LogP contribution < -0.4 is 5.32 Å². The van der Waals surface area contributed by atoms with Gasteiger partial charge in [0.15, 0.2) is 0 Å². The lowest BCUT2D eigenvalue weighted by Gasteiger charge is -2.27. The Morgan fingerprint density at radius 1 is 1.25 bits per heavy atom. The Hall–Kier alpha value is 0.270. The van der Waals surface area contributed by atoms with E-state index in [1.807, 2.05) is 0 Å². The molecule has 2 unspecified atom stereocenters. The maximum absolute atomic E-state index is 10.3. The summed E-state index contributed by atoms with van der Waals surface area (Å²) in [6.45, 7) is 3.06. The Morgan fingerprint density at radius 3 is 2.69 bits per heavy atom. The molecule has 0 spiro atoms. The third kappa shape index (κ3) is 3.14. The minimum Gasteiger partial charge on any atom is -0.389 e. The van der Waals surface area contributed by atoms with E-state index >= 15 is 0 Å². The van der Waals surface area contributed by atoms with Crippen LogP contribution in [-0.4, -0.2) is 34.3 Å². The number of hydrogen-bond donors (Lipinski definition) is 2. The average Bonchev–Trinajstić information content (AvgIpc) is 2.86. The molecule has 2 aliphatic carbocycles. The standard InChI is InChI=1S/C13H25NOS/c1-2-16-12-7-5-6-11(12)14-10-13(15)8-3-4-9-13/h11-12,14-15H,2-10H2,1H3. The summed E-state index contributed by atoms with van der Waals surface area (Å²) in [5.74, 6) is 1.22. The van der Waals surface area contributed by atoms with Gasteiger partial charge in [0.05, 0.1) is 5.60 Å². The van der Waals surface area contributed by atoms with E-state index in [9.17, 15) is 5.11 Å². The van der Waals surface area contributed by atoms with E-state index in [1.165, 1.54) is 37.9 Å². The number of hydrogen-bond acceptors (Lipinski definition) is 3. The lowest BCUT2D eigenvalue weighted by Crippen LogP contribution is -2.44. The first-order valence-corrected chi connectivity index (χ1v) is 7.86. The van der Waals surface area contributed by atoms with Crippen molar-refractivity contribution in [1.82, 2.24) is 5.32 Å². The summed E-state index contributed by atoms with van der Waals surface area (Å²) in [6.07, 6.45) is 8.42. The zero-order valence-corrected chi connectivity index (χ0v) is 11.2. The van der Waals surface area contributed by atoms with E-state index in [-0.39, 0.29) is 5.60 Å². The zero-order valence-electron chi connectivity index (χ0n) is 10.4. The molecule has 2 N–H and O–H groups in total. The molecule has 3 heteroatoms. The fraction of sp³-hybridized carbons (Fsp3) is 1.00. The lowest BCUT2D eigenvalue weighted by atomic mass is 10.0. The second-order valence-corrected chi connectivity index (χ2v) is 6.86. The van der Waals surface area contributed by atoms with Crippen LogP contribution in [0.3, 0.4) is 0 Å². The molecule has 0 aromatic heterocycles. The summed E-state index contributed by atoms with van der Waals surface area (Å²) in [7, 11) is 0. The molecule has 94 valence electrons. The molecule has 2 saturated carbocycles. The largest absolute Gasteiger partial charge is 0.389 e. The minimum atomic E-state index is -0.385. The highest BCUT2D eigenvalue weighted by Crippen LogP contribution is 2.32. The summed E-state index contributed by atoms with van der Waals surface area (Å²) in [6, 6.07) is 0.648. The summed E-state index contributed by atoms with van der Waals surface area (Å²) >= 11 is 2.08. The maximum Gasteiger partial charge on any atom is 0.0771 e. The molecule has 2 aliphatic rings. The highest BCUT2D eigenvalue weighted by Gasteiger charge is 2.33. The van der Waals surface area contributed by atoms with Crippen LogP contribution in [0.25, 0.3) is 0 Å². The molecule has 0 aliphatic heterocycles. The van der Waals surface area contributed by atoms with Gasteiger partial charge in [-0.3, -0.25) is 0 Å². The highest BCUT2D eigenvalue weighted by atomic mass is 32.2. The van der Waals surface area contributed by atoms with Crippen LogP contribution in [0.2, 0.25) is 0 Å². The Morgan fingerprint density at radius 2 is 2.00 bits per heavy atom. The topological polar surface area (TPSA) is 32.3 Å². The fourth-order valence-corrected chi connectivity index (χ4v) is 4.33. The Balaban J connectivity index is 1.76. The number of thioether (sulfide) groups is 1. The second kappa shape index (κ2) is 5.74. The van der Waals surface area contributed by atoms with Crippen LogP contribution in [0.1, 0.15) is 51.9 Å². The molecular formula is C13H25NOS. The first kappa shape index (κ1) is 12.7. The van der Waals surface area contributed by atoms with Crippen LogP contribution in [0.15, 0.2) is 0 Å². The minimum absolute atomic E-state index is 0.385. The molecule has 0 aromatic carbocycles. The van der Waals surface area contributed by atoms with Crippen LogP contribution in [-0.2, 0) is 0 Å². The SMILES string of the molecule is CCSC1CCCC1NCC1(O)CCCC1. The molecule has 2 rings (SSSR count). The van der Waals surface area contributed by atoms with Crippen molar-refractivity contribution in [1.29, 1.82) is 0 Å². The molecule has 16 heavy (non-hydrogen) atoms. The second-order valence-electron chi connectivity index (χ2n) is 5.34. The Kier molecular flexibility index (Phi) is 4.57. The smallest absolute Gasteiger partial charge is 0.0771 e. The van der Waals surface area contributed by atoms with Crippen molar-refractivity contribution in [2.24, 2.45) is 0 Å². The van der Waals surface area contributed by atoms with Gasteiger partial charge in [0.1, 0.15) is 0 Å². The summed E-state index contributed by atoms with van der Waals surface area (Å²) in [5.41, 5.74) is -0.385. The quantitative estimate of drug-likeness (QED) is 0.778. The monoisotopic (exact) mass is 243 g/mol. The van der Waals surface area contributed by atoms with Crippen molar-refractivity contribution in [3.8, 4) is 0 Å². The van der Waals surface area contributed by atoms with Crippen LogP contribution in [0.4, 0.5) is 0 Å². The van der Waals surface area contributed by atoms with Gasteiger partial charge in [-0.15, -0.1) is 0 Å². The van der Waals surface area contributed by atoms with Gasteiger partial charge in [-0.05, 0) is 31.4 Å². The maximum atomic E-state index is 10.3. The molecule has 0 amide bonds. The molecule has 2 fully saturated rings. The van der Waals surface area contributed by atoms with Crippen molar-refractivity contribution >= 4 is 11.8 Å². The van der Waals surface area contributed by atoms with Crippen LogP contribution in [0, 0.1) is 0 Å². The van der Waals surface area contributed by atoms with Gasteiger partial charge in [0.2, 0.25) is 0 Å². The average molecular weight is 243 g/mol. The van der Waals surface area contributed by atoms with Gasteiger partial charge in [-0.2, -0.15) is 11.8 Å². The molecular weight excluding hydrogens is 218 g/mol. The first-order chi connectivity index (χ1) is 7.73. The van der Waals surface area contributed by atoms with Crippen molar-refractivity contribution in [3.63, 3.8) is 0 Å². The van der Waals surface area contributed by atoms with Gasteiger partial charge < -0.3 is 10.4 Å². The van der Waals surface area contributed by atoms with E-state index in [0.717, 1.165) is 24.6 Å². The number of rotatable bonds is 5. The number of nitrogens with one attached hydrogen (secondary N) is 1. The van der Waals surface area contributed by atoms with Crippen molar-refractivity contribution < 1.29 is 5.11 Å². The third-order valence-electron chi connectivity index (χ3n) is 4.06. The predicted molar refractivity (Wildman–Crippen MR) is 71.0 cm³/mol. The van der Waals surface area contributed by atoms with Gasteiger partial charge >= 0.3 is 0 Å². The molecule has 2 atom stereocenters. The van der Waals surface area contributed by atoms with Crippen molar-refractivity contribution in [2.75, 3.05) is 12.3 Å². The van der Waals surface area contributed by atoms with Gasteiger partial charge in [0.25, 0.3) is 0 Å². The van der Waals surface area contributed by atoms with Gasteiger partial charge in [-0.1, -0.05) is 26.2 Å². The fourth-order valence-electron chi connectivity index (χ4n) is 3.10. The first-order valence-electron chi connectivity index (χ1n) is 6.81. The van der Waals surface area contributed by atoms with E-state index in [1.54, 1.807) is 0 Å². The molecule has 0 saturated heterocycles. The zero-order chi connectivity index (χ0) is 11.4. The van der Waals surface area contributed by atoms with E-state index < -0.39 is 0 Å². The van der Waals surface area contributed by atoms with Crippen molar-refractivity contribution in [2.45, 2.75) is 68.8 Å². The van der Waals surface area contributed by atoms with Crippen LogP contribution >= 0.6 is 11.8 Å². The van der Waals surface area contributed by atoms with Crippen molar-refractivity contribution in [3.05, 3.63) is 0 Å². The lowest BCUT2D eigenvalue weighted by molar-refractivity contribution is 0.0452. The van der Waals surface area contributed by atoms with E-state index in [4.69, 9.17) is 0 Å².